The van der Waals surface area contributed by atoms with Crippen LogP contribution in [-0.4, -0.2) is 47.1 Å². The van der Waals surface area contributed by atoms with Gasteiger partial charge in [0, 0.05) is 50.2 Å². The molecule has 1 saturated heterocycles. The van der Waals surface area contributed by atoms with E-state index in [1.54, 1.807) is 12.4 Å². The van der Waals surface area contributed by atoms with Gasteiger partial charge in [0.2, 0.25) is 0 Å². The minimum Gasteiger partial charge on any atom is -0.368 e. The van der Waals surface area contributed by atoms with Crippen LogP contribution >= 0.6 is 0 Å². The zero-order chi connectivity index (χ0) is 16.4. The summed E-state index contributed by atoms with van der Waals surface area (Å²) in [6.07, 6.45) is 3.59. The number of nitrogens with zero attached hydrogens (tertiary/aromatic N) is 4. The lowest BCUT2D eigenvalue weighted by Gasteiger charge is -2.36. The highest BCUT2D eigenvalue weighted by molar-refractivity contribution is 5.96. The van der Waals surface area contributed by atoms with Gasteiger partial charge in [0.25, 0.3) is 5.91 Å². The van der Waals surface area contributed by atoms with Gasteiger partial charge < -0.3 is 14.3 Å². The molecular formula is C17H22N4O2. The lowest BCUT2D eigenvalue weighted by atomic mass is 10.0. The van der Waals surface area contributed by atoms with Gasteiger partial charge in [0.15, 0.2) is 5.76 Å². The van der Waals surface area contributed by atoms with Crippen molar-refractivity contribution in [3.63, 3.8) is 0 Å². The summed E-state index contributed by atoms with van der Waals surface area (Å²) in [5, 5.41) is 3.98. The fraction of sp³-hybridized carbons (Fsp3) is 0.471. The molecule has 0 aliphatic carbocycles. The Bertz CT molecular complexity index is 673. The lowest BCUT2D eigenvalue weighted by Crippen LogP contribution is -2.49. The third-order valence-corrected chi connectivity index (χ3v) is 4.22. The van der Waals surface area contributed by atoms with Crippen LogP contribution in [0.2, 0.25) is 0 Å². The fourth-order valence-corrected chi connectivity index (χ4v) is 2.92. The van der Waals surface area contributed by atoms with Crippen LogP contribution in [0.1, 0.15) is 41.6 Å². The number of rotatable bonds is 3. The SMILES string of the molecule is Cc1noc(C(C)C)c1C(=O)N1CCN(c2ccncc2)CC1. The van der Waals surface area contributed by atoms with Crippen molar-refractivity contribution in [2.75, 3.05) is 31.1 Å². The monoisotopic (exact) mass is 314 g/mol. The molecule has 122 valence electrons. The first-order valence-corrected chi connectivity index (χ1v) is 7.98. The maximum atomic E-state index is 12.8. The van der Waals surface area contributed by atoms with E-state index >= 15 is 0 Å². The Balaban J connectivity index is 1.71. The number of pyridine rings is 1. The molecule has 1 amide bonds. The van der Waals surface area contributed by atoms with E-state index in [0.717, 1.165) is 18.8 Å². The Morgan fingerprint density at radius 1 is 1.17 bits per heavy atom. The molecule has 0 saturated carbocycles. The molecule has 0 aromatic carbocycles. The summed E-state index contributed by atoms with van der Waals surface area (Å²) in [5.41, 5.74) is 2.46. The van der Waals surface area contributed by atoms with Crippen molar-refractivity contribution in [1.82, 2.24) is 15.0 Å². The number of carbonyl (C=O) groups excluding carboxylic acids is 1. The van der Waals surface area contributed by atoms with E-state index < -0.39 is 0 Å². The van der Waals surface area contributed by atoms with Gasteiger partial charge in [0.05, 0.1) is 5.69 Å². The van der Waals surface area contributed by atoms with Crippen LogP contribution in [0, 0.1) is 6.92 Å². The number of carbonyl (C=O) groups is 1. The Morgan fingerprint density at radius 3 is 2.43 bits per heavy atom. The van der Waals surface area contributed by atoms with Crippen LogP contribution in [0.3, 0.4) is 0 Å². The van der Waals surface area contributed by atoms with Crippen molar-refractivity contribution in [3.8, 4) is 0 Å². The Kier molecular flexibility index (Phi) is 4.32. The molecule has 3 rings (SSSR count). The van der Waals surface area contributed by atoms with Gasteiger partial charge in [-0.25, -0.2) is 0 Å². The van der Waals surface area contributed by atoms with Gasteiger partial charge in [-0.1, -0.05) is 19.0 Å². The lowest BCUT2D eigenvalue weighted by molar-refractivity contribution is 0.0743. The van der Waals surface area contributed by atoms with E-state index in [9.17, 15) is 4.79 Å². The van der Waals surface area contributed by atoms with E-state index in [1.807, 2.05) is 37.8 Å². The van der Waals surface area contributed by atoms with Gasteiger partial charge in [-0.15, -0.1) is 0 Å². The first-order valence-electron chi connectivity index (χ1n) is 7.98. The number of aromatic nitrogens is 2. The van der Waals surface area contributed by atoms with Gasteiger partial charge in [-0.3, -0.25) is 9.78 Å². The molecule has 1 fully saturated rings. The van der Waals surface area contributed by atoms with E-state index in [0.29, 0.717) is 30.1 Å². The number of aryl methyl sites for hydroxylation is 1. The van der Waals surface area contributed by atoms with Crippen molar-refractivity contribution in [1.29, 1.82) is 0 Å². The predicted molar refractivity (Wildman–Crippen MR) is 87.7 cm³/mol. The normalized spacial score (nSPS) is 15.3. The van der Waals surface area contributed by atoms with Crippen molar-refractivity contribution < 1.29 is 9.32 Å². The summed E-state index contributed by atoms with van der Waals surface area (Å²) in [5.74, 6) is 0.860. The molecule has 23 heavy (non-hydrogen) atoms. The molecular weight excluding hydrogens is 292 g/mol. The van der Waals surface area contributed by atoms with Crippen molar-refractivity contribution in [3.05, 3.63) is 41.5 Å². The smallest absolute Gasteiger partial charge is 0.259 e. The molecule has 2 aromatic heterocycles. The van der Waals surface area contributed by atoms with Crippen LogP contribution in [0.15, 0.2) is 29.0 Å². The number of hydrogen-bond acceptors (Lipinski definition) is 5. The maximum Gasteiger partial charge on any atom is 0.259 e. The number of anilines is 1. The summed E-state index contributed by atoms with van der Waals surface area (Å²) in [4.78, 5) is 21.1. The van der Waals surface area contributed by atoms with Gasteiger partial charge in [0.1, 0.15) is 5.56 Å². The zero-order valence-corrected chi connectivity index (χ0v) is 13.8. The summed E-state index contributed by atoms with van der Waals surface area (Å²) < 4.78 is 5.34. The van der Waals surface area contributed by atoms with Gasteiger partial charge >= 0.3 is 0 Å². The maximum absolute atomic E-state index is 12.8. The topological polar surface area (TPSA) is 62.5 Å². The molecule has 6 nitrogen and oxygen atoms in total. The van der Waals surface area contributed by atoms with Gasteiger partial charge in [-0.2, -0.15) is 0 Å². The third kappa shape index (κ3) is 3.06. The largest absolute Gasteiger partial charge is 0.368 e. The van der Waals surface area contributed by atoms with Crippen LogP contribution < -0.4 is 4.90 Å². The Morgan fingerprint density at radius 2 is 1.83 bits per heavy atom. The molecule has 0 bridgehead atoms. The molecule has 0 spiro atoms. The molecule has 1 aliphatic heterocycles. The summed E-state index contributed by atoms with van der Waals surface area (Å²) in [6.45, 7) is 8.88. The molecule has 0 unspecified atom stereocenters. The van der Waals surface area contributed by atoms with E-state index in [4.69, 9.17) is 4.52 Å². The van der Waals surface area contributed by atoms with Crippen LogP contribution in [0.25, 0.3) is 0 Å². The molecule has 0 N–H and O–H groups in total. The Hall–Kier alpha value is -2.37. The molecule has 2 aromatic rings. The first kappa shape index (κ1) is 15.5. The second-order valence-electron chi connectivity index (χ2n) is 6.15. The molecule has 0 atom stereocenters. The first-order chi connectivity index (χ1) is 11.1. The zero-order valence-electron chi connectivity index (χ0n) is 13.8. The highest BCUT2D eigenvalue weighted by atomic mass is 16.5. The third-order valence-electron chi connectivity index (χ3n) is 4.22. The molecule has 3 heterocycles. The number of amides is 1. The minimum atomic E-state index is 0.0295. The van der Waals surface area contributed by atoms with Crippen molar-refractivity contribution in [2.24, 2.45) is 0 Å². The van der Waals surface area contributed by atoms with Crippen LogP contribution in [0.5, 0.6) is 0 Å². The van der Waals surface area contributed by atoms with E-state index in [-0.39, 0.29) is 11.8 Å². The average molecular weight is 314 g/mol. The minimum absolute atomic E-state index is 0.0295. The predicted octanol–water partition coefficient (Wildman–Crippen LogP) is 2.46. The van der Waals surface area contributed by atoms with E-state index in [2.05, 4.69) is 15.0 Å². The standard InChI is InChI=1S/C17H22N4O2/c1-12(2)16-15(13(3)19-23-16)17(22)21-10-8-20(9-11-21)14-4-6-18-7-5-14/h4-7,12H,8-11H2,1-3H3. The van der Waals surface area contributed by atoms with Crippen LogP contribution in [0.4, 0.5) is 5.69 Å². The highest BCUT2D eigenvalue weighted by Crippen LogP contribution is 2.24. The molecule has 0 radical (unpaired) electrons. The van der Waals surface area contributed by atoms with E-state index in [1.165, 1.54) is 0 Å². The van der Waals surface area contributed by atoms with Crippen molar-refractivity contribution >= 4 is 11.6 Å². The number of piperazine rings is 1. The van der Waals surface area contributed by atoms with Crippen molar-refractivity contribution in [2.45, 2.75) is 26.7 Å². The highest BCUT2D eigenvalue weighted by Gasteiger charge is 2.29. The van der Waals surface area contributed by atoms with Gasteiger partial charge in [-0.05, 0) is 19.1 Å². The quantitative estimate of drug-likeness (QED) is 0.871. The molecule has 6 heteroatoms. The molecule has 1 aliphatic rings. The fourth-order valence-electron chi connectivity index (χ4n) is 2.92. The second-order valence-corrected chi connectivity index (χ2v) is 6.15. The summed E-state index contributed by atoms with van der Waals surface area (Å²) in [7, 11) is 0. The summed E-state index contributed by atoms with van der Waals surface area (Å²) in [6, 6.07) is 4.00. The summed E-state index contributed by atoms with van der Waals surface area (Å²) >= 11 is 0. The number of hydrogen-bond donors (Lipinski definition) is 0. The average Bonchev–Trinajstić information content (AvgIpc) is 2.97. The second kappa shape index (κ2) is 6.40. The Labute approximate surface area is 136 Å². The van der Waals surface area contributed by atoms with Crippen LogP contribution in [-0.2, 0) is 0 Å².